The zero-order chi connectivity index (χ0) is 11.4. The van der Waals surface area contributed by atoms with Crippen molar-refractivity contribution in [2.24, 2.45) is 17.6 Å². The van der Waals surface area contributed by atoms with Crippen LogP contribution in [0.3, 0.4) is 0 Å². The molecule has 0 aromatic heterocycles. The third kappa shape index (κ3) is 2.76. The molecule has 16 heavy (non-hydrogen) atoms. The highest BCUT2D eigenvalue weighted by atomic mass is 16.5. The molecule has 2 fully saturated rings. The predicted molar refractivity (Wildman–Crippen MR) is 66.3 cm³/mol. The second kappa shape index (κ2) is 5.99. The van der Waals surface area contributed by atoms with Crippen LogP contribution in [0.2, 0.25) is 0 Å². The molecule has 0 amide bonds. The highest BCUT2D eigenvalue weighted by Crippen LogP contribution is 2.27. The molecule has 0 spiro atoms. The SMILES string of the molecule is CCC1OCCC1CNC1CCCC1CN. The van der Waals surface area contributed by atoms with Gasteiger partial charge < -0.3 is 15.8 Å². The Morgan fingerprint density at radius 2 is 2.12 bits per heavy atom. The van der Waals surface area contributed by atoms with Crippen LogP contribution in [0.1, 0.15) is 39.0 Å². The summed E-state index contributed by atoms with van der Waals surface area (Å²) < 4.78 is 5.72. The van der Waals surface area contributed by atoms with Crippen molar-refractivity contribution in [1.82, 2.24) is 5.32 Å². The largest absolute Gasteiger partial charge is 0.378 e. The van der Waals surface area contributed by atoms with Gasteiger partial charge in [0.05, 0.1) is 6.10 Å². The number of ether oxygens (including phenoxy) is 1. The Balaban J connectivity index is 1.74. The highest BCUT2D eigenvalue weighted by molar-refractivity contribution is 4.86. The molecule has 3 heteroatoms. The summed E-state index contributed by atoms with van der Waals surface area (Å²) in [6.07, 6.45) is 6.84. The highest BCUT2D eigenvalue weighted by Gasteiger charge is 2.30. The van der Waals surface area contributed by atoms with E-state index in [0.717, 1.165) is 32.0 Å². The second-order valence-electron chi connectivity index (χ2n) is 5.31. The Hall–Kier alpha value is -0.120. The lowest BCUT2D eigenvalue weighted by atomic mass is 9.98. The number of nitrogens with two attached hydrogens (primary N) is 1. The summed E-state index contributed by atoms with van der Waals surface area (Å²) in [5.74, 6) is 1.44. The minimum absolute atomic E-state index is 0.491. The molecule has 1 saturated heterocycles. The van der Waals surface area contributed by atoms with Crippen molar-refractivity contribution in [1.29, 1.82) is 0 Å². The molecule has 0 aromatic carbocycles. The standard InChI is InChI=1S/C13H26N2O/c1-2-13-11(6-7-16-13)9-15-12-5-3-4-10(12)8-14/h10-13,15H,2-9,14H2,1H3. The molecule has 3 nitrogen and oxygen atoms in total. The zero-order valence-electron chi connectivity index (χ0n) is 10.5. The van der Waals surface area contributed by atoms with Gasteiger partial charge in [-0.2, -0.15) is 0 Å². The minimum atomic E-state index is 0.491. The lowest BCUT2D eigenvalue weighted by Gasteiger charge is -2.23. The van der Waals surface area contributed by atoms with Crippen LogP contribution < -0.4 is 11.1 Å². The minimum Gasteiger partial charge on any atom is -0.378 e. The summed E-state index contributed by atoms with van der Waals surface area (Å²) in [6.45, 7) is 5.15. The summed E-state index contributed by atoms with van der Waals surface area (Å²) in [4.78, 5) is 0. The van der Waals surface area contributed by atoms with Gasteiger partial charge in [0.15, 0.2) is 0 Å². The fourth-order valence-corrected chi connectivity index (χ4v) is 3.27. The molecule has 1 heterocycles. The van der Waals surface area contributed by atoms with Gasteiger partial charge in [-0.3, -0.25) is 0 Å². The van der Waals surface area contributed by atoms with Crippen molar-refractivity contribution < 1.29 is 4.74 Å². The lowest BCUT2D eigenvalue weighted by molar-refractivity contribution is 0.0862. The molecule has 4 atom stereocenters. The van der Waals surface area contributed by atoms with E-state index in [1.807, 2.05) is 0 Å². The predicted octanol–water partition coefficient (Wildman–Crippen LogP) is 1.52. The van der Waals surface area contributed by atoms with Crippen molar-refractivity contribution >= 4 is 0 Å². The zero-order valence-corrected chi connectivity index (χ0v) is 10.5. The van der Waals surface area contributed by atoms with Crippen LogP contribution in [0.5, 0.6) is 0 Å². The number of hydrogen-bond donors (Lipinski definition) is 2. The van der Waals surface area contributed by atoms with E-state index in [4.69, 9.17) is 10.5 Å². The van der Waals surface area contributed by atoms with Crippen molar-refractivity contribution in [3.8, 4) is 0 Å². The van der Waals surface area contributed by atoms with Gasteiger partial charge in [0.1, 0.15) is 0 Å². The summed E-state index contributed by atoms with van der Waals surface area (Å²) in [5, 5.41) is 3.73. The molecule has 1 aliphatic carbocycles. The molecule has 1 saturated carbocycles. The number of hydrogen-bond acceptors (Lipinski definition) is 3. The monoisotopic (exact) mass is 226 g/mol. The van der Waals surface area contributed by atoms with Crippen LogP contribution in [0.4, 0.5) is 0 Å². The molecule has 2 aliphatic rings. The maximum absolute atomic E-state index is 5.80. The summed E-state index contributed by atoms with van der Waals surface area (Å²) in [7, 11) is 0. The van der Waals surface area contributed by atoms with E-state index in [2.05, 4.69) is 12.2 Å². The lowest BCUT2D eigenvalue weighted by Crippen LogP contribution is -2.40. The fourth-order valence-electron chi connectivity index (χ4n) is 3.27. The molecular formula is C13H26N2O. The second-order valence-corrected chi connectivity index (χ2v) is 5.31. The summed E-state index contributed by atoms with van der Waals surface area (Å²) in [6, 6.07) is 0.670. The molecule has 94 valence electrons. The van der Waals surface area contributed by atoms with Crippen LogP contribution in [0.25, 0.3) is 0 Å². The number of nitrogens with one attached hydrogen (secondary N) is 1. The van der Waals surface area contributed by atoms with E-state index in [1.54, 1.807) is 0 Å². The third-order valence-corrected chi connectivity index (χ3v) is 4.35. The van der Waals surface area contributed by atoms with Crippen LogP contribution in [-0.2, 0) is 4.74 Å². The van der Waals surface area contributed by atoms with E-state index < -0.39 is 0 Å². The fraction of sp³-hybridized carbons (Fsp3) is 1.00. The Bertz CT molecular complexity index is 188. The molecule has 0 bridgehead atoms. The van der Waals surface area contributed by atoms with Gasteiger partial charge in [-0.1, -0.05) is 13.3 Å². The van der Waals surface area contributed by atoms with E-state index >= 15 is 0 Å². The quantitative estimate of drug-likeness (QED) is 0.747. The van der Waals surface area contributed by atoms with Gasteiger partial charge in [-0.05, 0) is 44.1 Å². The maximum atomic E-state index is 5.80. The molecule has 3 N–H and O–H groups in total. The van der Waals surface area contributed by atoms with Crippen molar-refractivity contribution in [2.75, 3.05) is 19.7 Å². The molecule has 1 aliphatic heterocycles. The molecule has 4 unspecified atom stereocenters. The smallest absolute Gasteiger partial charge is 0.0613 e. The average molecular weight is 226 g/mol. The van der Waals surface area contributed by atoms with Gasteiger partial charge in [0.2, 0.25) is 0 Å². The van der Waals surface area contributed by atoms with Gasteiger partial charge in [-0.15, -0.1) is 0 Å². The van der Waals surface area contributed by atoms with Crippen LogP contribution >= 0.6 is 0 Å². The van der Waals surface area contributed by atoms with E-state index in [1.165, 1.54) is 25.7 Å². The Labute approximate surface area is 99.1 Å². The average Bonchev–Trinajstić information content (AvgIpc) is 2.94. The maximum Gasteiger partial charge on any atom is 0.0613 e. The van der Waals surface area contributed by atoms with Crippen molar-refractivity contribution in [3.05, 3.63) is 0 Å². The van der Waals surface area contributed by atoms with E-state index in [-0.39, 0.29) is 0 Å². The molecule has 0 radical (unpaired) electrons. The normalized spacial score (nSPS) is 39.4. The van der Waals surface area contributed by atoms with Crippen LogP contribution in [0.15, 0.2) is 0 Å². The summed E-state index contributed by atoms with van der Waals surface area (Å²) >= 11 is 0. The van der Waals surface area contributed by atoms with Crippen molar-refractivity contribution in [2.45, 2.75) is 51.2 Å². The van der Waals surface area contributed by atoms with E-state index in [9.17, 15) is 0 Å². The molecular weight excluding hydrogens is 200 g/mol. The number of rotatable bonds is 5. The van der Waals surface area contributed by atoms with Gasteiger partial charge in [-0.25, -0.2) is 0 Å². The van der Waals surface area contributed by atoms with Gasteiger partial charge >= 0.3 is 0 Å². The first kappa shape index (κ1) is 12.3. The Morgan fingerprint density at radius 3 is 2.88 bits per heavy atom. The van der Waals surface area contributed by atoms with Crippen LogP contribution in [0, 0.1) is 11.8 Å². The van der Waals surface area contributed by atoms with E-state index in [0.29, 0.717) is 18.1 Å². The van der Waals surface area contributed by atoms with Gasteiger partial charge in [0, 0.05) is 19.2 Å². The topological polar surface area (TPSA) is 47.3 Å². The first-order valence-corrected chi connectivity index (χ1v) is 6.90. The first-order valence-electron chi connectivity index (χ1n) is 6.90. The Kier molecular flexibility index (Phi) is 4.62. The van der Waals surface area contributed by atoms with Crippen molar-refractivity contribution in [3.63, 3.8) is 0 Å². The first-order chi connectivity index (χ1) is 7.85. The summed E-state index contributed by atoms with van der Waals surface area (Å²) in [5.41, 5.74) is 5.80. The molecule has 2 rings (SSSR count). The van der Waals surface area contributed by atoms with Gasteiger partial charge in [0.25, 0.3) is 0 Å². The molecule has 0 aromatic rings. The van der Waals surface area contributed by atoms with Crippen LogP contribution in [-0.4, -0.2) is 31.8 Å². The Morgan fingerprint density at radius 1 is 1.25 bits per heavy atom. The third-order valence-electron chi connectivity index (χ3n) is 4.35.